The Bertz CT molecular complexity index is 1150. The summed E-state index contributed by atoms with van der Waals surface area (Å²) in [7, 11) is 0. The number of hydrogen-bond acceptors (Lipinski definition) is 3. The summed E-state index contributed by atoms with van der Waals surface area (Å²) in [4.78, 5) is 30.5. The van der Waals surface area contributed by atoms with Gasteiger partial charge in [-0.15, -0.1) is 0 Å². The maximum absolute atomic E-state index is 14.0. The van der Waals surface area contributed by atoms with Gasteiger partial charge in [-0.1, -0.05) is 47.5 Å². The molecule has 2 amide bonds. The van der Waals surface area contributed by atoms with Crippen LogP contribution in [0.2, 0.25) is 10.0 Å². The van der Waals surface area contributed by atoms with E-state index in [0.29, 0.717) is 40.0 Å². The van der Waals surface area contributed by atoms with Crippen molar-refractivity contribution >= 4 is 40.8 Å². The number of nitrogens with two attached hydrogens (primary N) is 1. The van der Waals surface area contributed by atoms with Crippen LogP contribution in [0, 0.1) is 0 Å². The smallest absolute Gasteiger partial charge is 0.325 e. The molecule has 0 radical (unpaired) electrons. The molecule has 2 atom stereocenters. The Balaban J connectivity index is 1.85. The van der Waals surface area contributed by atoms with E-state index in [0.717, 1.165) is 11.1 Å². The fourth-order valence-electron chi connectivity index (χ4n) is 4.59. The number of nitrogens with zero attached hydrogens (tertiary/aromatic N) is 2. The molecule has 2 heterocycles. The van der Waals surface area contributed by atoms with Crippen LogP contribution in [0.1, 0.15) is 40.0 Å². The van der Waals surface area contributed by atoms with Gasteiger partial charge in [-0.2, -0.15) is 0 Å². The van der Waals surface area contributed by atoms with Gasteiger partial charge in [-0.3, -0.25) is 4.79 Å². The number of hydrogen-bond donors (Lipinski definition) is 1. The lowest BCUT2D eigenvalue weighted by Gasteiger charge is -2.43. The summed E-state index contributed by atoms with van der Waals surface area (Å²) >= 11 is 12.7. The highest BCUT2D eigenvalue weighted by Crippen LogP contribution is 2.42. The normalized spacial score (nSPS) is 20.2. The van der Waals surface area contributed by atoms with Crippen molar-refractivity contribution in [2.75, 3.05) is 6.54 Å². The van der Waals surface area contributed by atoms with Gasteiger partial charge in [-0.25, -0.2) is 14.3 Å². The van der Waals surface area contributed by atoms with E-state index in [9.17, 15) is 9.59 Å². The maximum atomic E-state index is 14.0. The number of benzene rings is 2. The van der Waals surface area contributed by atoms with E-state index in [1.54, 1.807) is 30.5 Å². The van der Waals surface area contributed by atoms with Gasteiger partial charge in [0, 0.05) is 45.4 Å². The first-order valence-corrected chi connectivity index (χ1v) is 10.8. The van der Waals surface area contributed by atoms with Crippen molar-refractivity contribution < 1.29 is 9.59 Å². The number of aromatic nitrogens is 1. The highest BCUT2D eigenvalue weighted by molar-refractivity contribution is 6.36. The molecule has 0 aliphatic carbocycles. The van der Waals surface area contributed by atoms with Gasteiger partial charge in [0.05, 0.1) is 13.0 Å². The standard InChI is InChI=1S/C24H21Cl2N3O2/c1-15-16-6-4-7-18(24(27)31)17(16)11-13-29(15,22-10-2-3-12-28-22)23(30)14-19-20(25)8-5-9-21(19)26/h2-10,12,15H,11,13-14H2,1H3,(H-,27,31)/p+1/t15-,29?/m0/s1. The Kier molecular flexibility index (Phi) is 5.84. The van der Waals surface area contributed by atoms with E-state index in [2.05, 4.69) is 4.98 Å². The Morgan fingerprint density at radius 3 is 2.42 bits per heavy atom. The average Bonchev–Trinajstić information content (AvgIpc) is 2.77. The zero-order valence-corrected chi connectivity index (χ0v) is 18.5. The van der Waals surface area contributed by atoms with E-state index in [-0.39, 0.29) is 22.9 Å². The van der Waals surface area contributed by atoms with Crippen molar-refractivity contribution in [1.82, 2.24) is 9.47 Å². The van der Waals surface area contributed by atoms with Crippen LogP contribution >= 0.6 is 23.2 Å². The zero-order valence-electron chi connectivity index (χ0n) is 17.0. The summed E-state index contributed by atoms with van der Waals surface area (Å²) in [5.74, 6) is 0.130. The van der Waals surface area contributed by atoms with E-state index in [1.165, 1.54) is 0 Å². The SMILES string of the molecule is C[C@H]1c2cccc(C(N)=O)c2CC[N+]1(C(=O)Cc1c(Cl)cccc1Cl)c1ccccn1. The largest absolute Gasteiger partial charge is 0.366 e. The van der Waals surface area contributed by atoms with Gasteiger partial charge >= 0.3 is 5.91 Å². The van der Waals surface area contributed by atoms with Gasteiger partial charge in [-0.05, 0) is 36.8 Å². The molecule has 1 aliphatic rings. The molecule has 2 N–H and O–H groups in total. The molecular formula is C24H22Cl2N3O2+. The van der Waals surface area contributed by atoms with Gasteiger partial charge in [0.15, 0.2) is 0 Å². The lowest BCUT2D eigenvalue weighted by Crippen LogP contribution is -2.60. The molecule has 1 aliphatic heterocycles. The fraction of sp³-hybridized carbons (Fsp3) is 0.208. The maximum Gasteiger partial charge on any atom is 0.325 e. The molecule has 0 spiro atoms. The number of carbonyl (C=O) groups is 2. The van der Waals surface area contributed by atoms with Crippen molar-refractivity contribution in [2.45, 2.75) is 25.8 Å². The van der Waals surface area contributed by atoms with Crippen molar-refractivity contribution in [2.24, 2.45) is 5.73 Å². The minimum atomic E-state index is -0.462. The minimum Gasteiger partial charge on any atom is -0.366 e. The van der Waals surface area contributed by atoms with E-state index in [1.807, 2.05) is 37.3 Å². The third kappa shape index (κ3) is 3.63. The molecule has 0 saturated heterocycles. The number of quaternary nitrogens is 1. The van der Waals surface area contributed by atoms with Crippen LogP contribution in [0.5, 0.6) is 0 Å². The van der Waals surface area contributed by atoms with Crippen LogP contribution in [-0.2, 0) is 17.6 Å². The summed E-state index contributed by atoms with van der Waals surface area (Å²) < 4.78 is 0.0115. The summed E-state index contributed by atoms with van der Waals surface area (Å²) in [6, 6.07) is 16.0. The van der Waals surface area contributed by atoms with Crippen LogP contribution in [0.4, 0.5) is 5.82 Å². The molecule has 0 fully saturated rings. The monoisotopic (exact) mass is 454 g/mol. The fourth-order valence-corrected chi connectivity index (χ4v) is 5.12. The summed E-state index contributed by atoms with van der Waals surface area (Å²) in [5.41, 5.74) is 8.54. The first-order chi connectivity index (χ1) is 14.9. The molecule has 1 aromatic heterocycles. The van der Waals surface area contributed by atoms with Crippen LogP contribution in [0.25, 0.3) is 0 Å². The lowest BCUT2D eigenvalue weighted by atomic mass is 9.86. The second kappa shape index (κ2) is 8.42. The summed E-state index contributed by atoms with van der Waals surface area (Å²) in [6.45, 7) is 2.44. The van der Waals surface area contributed by atoms with Gasteiger partial charge in [0.1, 0.15) is 6.04 Å². The number of pyridine rings is 1. The first-order valence-electron chi connectivity index (χ1n) is 10.0. The third-order valence-electron chi connectivity index (χ3n) is 6.20. The summed E-state index contributed by atoms with van der Waals surface area (Å²) in [6.07, 6.45) is 2.29. The molecule has 5 nitrogen and oxygen atoms in total. The number of halogens is 2. The first kappa shape index (κ1) is 21.5. The topological polar surface area (TPSA) is 73.1 Å². The van der Waals surface area contributed by atoms with E-state index >= 15 is 0 Å². The van der Waals surface area contributed by atoms with Crippen molar-refractivity contribution in [3.8, 4) is 0 Å². The Hall–Kier alpha value is -2.73. The van der Waals surface area contributed by atoms with Gasteiger partial charge in [0.25, 0.3) is 0 Å². The molecule has 1 unspecified atom stereocenters. The second-order valence-electron chi connectivity index (χ2n) is 7.71. The highest BCUT2D eigenvalue weighted by atomic mass is 35.5. The molecule has 7 heteroatoms. The van der Waals surface area contributed by atoms with Crippen molar-refractivity contribution in [3.63, 3.8) is 0 Å². The van der Waals surface area contributed by atoms with Crippen molar-refractivity contribution in [3.05, 3.63) is 93.1 Å². The molecule has 0 saturated carbocycles. The summed E-state index contributed by atoms with van der Waals surface area (Å²) in [5, 5.41) is 0.919. The van der Waals surface area contributed by atoms with Gasteiger partial charge < -0.3 is 5.73 Å². The molecule has 2 aromatic carbocycles. The second-order valence-corrected chi connectivity index (χ2v) is 8.53. The molecule has 31 heavy (non-hydrogen) atoms. The molecule has 0 bridgehead atoms. The molecular weight excluding hydrogens is 433 g/mol. The Morgan fingerprint density at radius 2 is 1.77 bits per heavy atom. The number of rotatable bonds is 4. The Morgan fingerprint density at radius 1 is 1.06 bits per heavy atom. The Labute approximate surface area is 191 Å². The van der Waals surface area contributed by atoms with Crippen LogP contribution in [0.3, 0.4) is 0 Å². The van der Waals surface area contributed by atoms with Crippen LogP contribution < -0.4 is 10.2 Å². The lowest BCUT2D eigenvalue weighted by molar-refractivity contribution is -0.132. The number of primary amides is 1. The molecule has 158 valence electrons. The van der Waals surface area contributed by atoms with E-state index < -0.39 is 5.91 Å². The van der Waals surface area contributed by atoms with Gasteiger partial charge in [0.2, 0.25) is 11.7 Å². The number of fused-ring (bicyclic) bond motifs is 1. The minimum absolute atomic E-state index is 0.0115. The van der Waals surface area contributed by atoms with E-state index in [4.69, 9.17) is 28.9 Å². The highest BCUT2D eigenvalue weighted by Gasteiger charge is 2.49. The van der Waals surface area contributed by atoms with Crippen molar-refractivity contribution in [1.29, 1.82) is 0 Å². The third-order valence-corrected chi connectivity index (χ3v) is 6.90. The molecule has 3 aromatic rings. The predicted molar refractivity (Wildman–Crippen MR) is 123 cm³/mol. The quantitative estimate of drug-likeness (QED) is 0.570. The number of carbonyl (C=O) groups excluding carboxylic acids is 2. The molecule has 4 rings (SSSR count). The van der Waals surface area contributed by atoms with Crippen LogP contribution in [0.15, 0.2) is 60.8 Å². The van der Waals surface area contributed by atoms with Crippen LogP contribution in [-0.4, -0.2) is 23.3 Å². The zero-order chi connectivity index (χ0) is 22.2. The average molecular weight is 455 g/mol. The predicted octanol–water partition coefficient (Wildman–Crippen LogP) is 4.88. The number of amides is 2.